The molecule has 0 bridgehead atoms. The maximum atomic E-state index is 11.3. The Bertz CT molecular complexity index is 666. The first-order chi connectivity index (χ1) is 9.50. The second-order valence-electron chi connectivity index (χ2n) is 6.24. The molecule has 0 radical (unpaired) electrons. The van der Waals surface area contributed by atoms with Crippen LogP contribution < -0.4 is 0 Å². The van der Waals surface area contributed by atoms with Gasteiger partial charge in [-0.25, -0.2) is 9.78 Å². The highest BCUT2D eigenvalue weighted by Crippen LogP contribution is 2.40. The summed E-state index contributed by atoms with van der Waals surface area (Å²) in [4.78, 5) is 15.8. The van der Waals surface area contributed by atoms with E-state index in [-0.39, 0.29) is 0 Å². The van der Waals surface area contributed by atoms with Gasteiger partial charge in [0.1, 0.15) is 11.3 Å². The SMILES string of the molecule is Cc1nc2c(C(=O)O)cccc2n1CC1(C)CCCC1. The first kappa shape index (κ1) is 13.2. The zero-order chi connectivity index (χ0) is 14.3. The van der Waals surface area contributed by atoms with E-state index < -0.39 is 5.97 Å². The number of hydrogen-bond acceptors (Lipinski definition) is 2. The number of carboxylic acid groups (broad SMARTS) is 1. The number of aromatic carboxylic acids is 1. The van der Waals surface area contributed by atoms with Gasteiger partial charge < -0.3 is 9.67 Å². The van der Waals surface area contributed by atoms with Crippen LogP contribution in [0.15, 0.2) is 18.2 Å². The summed E-state index contributed by atoms with van der Waals surface area (Å²) in [7, 11) is 0. The number of benzene rings is 1. The van der Waals surface area contributed by atoms with Crippen LogP contribution in [0, 0.1) is 12.3 Å². The molecule has 0 aliphatic heterocycles. The molecular formula is C16H20N2O2. The van der Waals surface area contributed by atoms with Gasteiger partial charge in [0.2, 0.25) is 0 Å². The third-order valence-electron chi connectivity index (χ3n) is 4.55. The van der Waals surface area contributed by atoms with Crippen LogP contribution in [0.5, 0.6) is 0 Å². The van der Waals surface area contributed by atoms with Crippen LogP contribution in [-0.4, -0.2) is 20.6 Å². The van der Waals surface area contributed by atoms with E-state index in [1.165, 1.54) is 25.7 Å². The van der Waals surface area contributed by atoms with Crippen molar-refractivity contribution in [2.24, 2.45) is 5.41 Å². The molecule has 106 valence electrons. The number of rotatable bonds is 3. The zero-order valence-corrected chi connectivity index (χ0v) is 12.0. The number of nitrogens with zero attached hydrogens (tertiary/aromatic N) is 2. The first-order valence-electron chi connectivity index (χ1n) is 7.19. The molecule has 0 unspecified atom stereocenters. The summed E-state index contributed by atoms with van der Waals surface area (Å²) >= 11 is 0. The van der Waals surface area contributed by atoms with Gasteiger partial charge in [0.25, 0.3) is 0 Å². The smallest absolute Gasteiger partial charge is 0.337 e. The van der Waals surface area contributed by atoms with Crippen LogP contribution in [0.1, 0.15) is 48.8 Å². The second kappa shape index (κ2) is 4.62. The highest BCUT2D eigenvalue weighted by Gasteiger charge is 2.30. The van der Waals surface area contributed by atoms with Gasteiger partial charge in [-0.3, -0.25) is 0 Å². The average molecular weight is 272 g/mol. The van der Waals surface area contributed by atoms with Gasteiger partial charge in [0.15, 0.2) is 0 Å². The van der Waals surface area contributed by atoms with Crippen LogP contribution >= 0.6 is 0 Å². The number of hydrogen-bond donors (Lipinski definition) is 1. The van der Waals surface area contributed by atoms with Crippen LogP contribution in [0.4, 0.5) is 0 Å². The molecule has 0 atom stereocenters. The lowest BCUT2D eigenvalue weighted by atomic mass is 9.88. The molecule has 20 heavy (non-hydrogen) atoms. The molecule has 4 heteroatoms. The molecule has 1 aliphatic rings. The van der Waals surface area contributed by atoms with E-state index in [1.54, 1.807) is 12.1 Å². The minimum absolute atomic E-state index is 0.293. The quantitative estimate of drug-likeness (QED) is 0.928. The number of fused-ring (bicyclic) bond motifs is 1. The van der Waals surface area contributed by atoms with E-state index in [2.05, 4.69) is 16.5 Å². The van der Waals surface area contributed by atoms with Crippen LogP contribution in [0.2, 0.25) is 0 Å². The molecule has 0 spiro atoms. The number of para-hydroxylation sites is 1. The summed E-state index contributed by atoms with van der Waals surface area (Å²) in [5, 5.41) is 9.27. The minimum atomic E-state index is -0.910. The Morgan fingerprint density at radius 1 is 1.40 bits per heavy atom. The topological polar surface area (TPSA) is 55.1 Å². The Balaban J connectivity index is 2.09. The predicted molar refractivity (Wildman–Crippen MR) is 78.0 cm³/mol. The van der Waals surface area contributed by atoms with E-state index in [0.29, 0.717) is 16.5 Å². The molecular weight excluding hydrogens is 252 g/mol. The molecule has 4 nitrogen and oxygen atoms in total. The lowest BCUT2D eigenvalue weighted by molar-refractivity contribution is 0.0699. The summed E-state index contributed by atoms with van der Waals surface area (Å²) in [5.74, 6) is -0.00541. The summed E-state index contributed by atoms with van der Waals surface area (Å²) in [6.45, 7) is 5.22. The van der Waals surface area contributed by atoms with Gasteiger partial charge in [-0.05, 0) is 37.3 Å². The van der Waals surface area contributed by atoms with E-state index in [0.717, 1.165) is 17.9 Å². The van der Waals surface area contributed by atoms with E-state index in [1.807, 2.05) is 13.0 Å². The summed E-state index contributed by atoms with van der Waals surface area (Å²) < 4.78 is 2.19. The fraction of sp³-hybridized carbons (Fsp3) is 0.500. The standard InChI is InChI=1S/C16H20N2O2/c1-11-17-14-12(15(19)20)6-5-7-13(14)18(11)10-16(2)8-3-4-9-16/h5-7H,3-4,8-10H2,1-2H3,(H,19,20). The molecule has 1 aliphatic carbocycles. The largest absolute Gasteiger partial charge is 0.478 e. The van der Waals surface area contributed by atoms with E-state index >= 15 is 0 Å². The monoisotopic (exact) mass is 272 g/mol. The number of carbonyl (C=O) groups is 1. The fourth-order valence-electron chi connectivity index (χ4n) is 3.40. The van der Waals surface area contributed by atoms with Crippen molar-refractivity contribution in [3.63, 3.8) is 0 Å². The Kier molecular flexibility index (Phi) is 3.04. The van der Waals surface area contributed by atoms with Gasteiger partial charge in [0.05, 0.1) is 11.1 Å². The fourth-order valence-corrected chi connectivity index (χ4v) is 3.40. The molecule has 1 heterocycles. The second-order valence-corrected chi connectivity index (χ2v) is 6.24. The first-order valence-corrected chi connectivity index (χ1v) is 7.19. The van der Waals surface area contributed by atoms with Gasteiger partial charge in [-0.2, -0.15) is 0 Å². The minimum Gasteiger partial charge on any atom is -0.478 e. The molecule has 0 saturated heterocycles. The Morgan fingerprint density at radius 2 is 2.10 bits per heavy atom. The summed E-state index contributed by atoms with van der Waals surface area (Å²) in [6, 6.07) is 5.40. The van der Waals surface area contributed by atoms with Crippen molar-refractivity contribution in [3.8, 4) is 0 Å². The van der Waals surface area contributed by atoms with Crippen molar-refractivity contribution in [1.29, 1.82) is 0 Å². The number of carboxylic acids is 1. The molecule has 1 fully saturated rings. The number of aromatic nitrogens is 2. The summed E-state index contributed by atoms with van der Waals surface area (Å²) in [6.07, 6.45) is 5.07. The normalized spacial score (nSPS) is 17.7. The van der Waals surface area contributed by atoms with Crippen LogP contribution in [0.3, 0.4) is 0 Å². The van der Waals surface area contributed by atoms with Crippen molar-refractivity contribution in [2.75, 3.05) is 0 Å². The molecule has 1 saturated carbocycles. The number of aryl methyl sites for hydroxylation is 1. The zero-order valence-electron chi connectivity index (χ0n) is 12.0. The van der Waals surface area contributed by atoms with E-state index in [9.17, 15) is 9.90 Å². The van der Waals surface area contributed by atoms with Gasteiger partial charge in [-0.1, -0.05) is 25.8 Å². The van der Waals surface area contributed by atoms with Crippen molar-refractivity contribution >= 4 is 17.0 Å². The summed E-state index contributed by atoms with van der Waals surface area (Å²) in [5.41, 5.74) is 2.16. The molecule has 0 amide bonds. The Labute approximate surface area is 118 Å². The highest BCUT2D eigenvalue weighted by atomic mass is 16.4. The molecule has 1 aromatic heterocycles. The molecule has 1 N–H and O–H groups in total. The van der Waals surface area contributed by atoms with Crippen molar-refractivity contribution in [2.45, 2.75) is 46.1 Å². The van der Waals surface area contributed by atoms with E-state index in [4.69, 9.17) is 0 Å². The predicted octanol–water partition coefficient (Wildman–Crippen LogP) is 3.62. The average Bonchev–Trinajstić information content (AvgIpc) is 2.95. The maximum absolute atomic E-state index is 11.3. The number of imidazole rings is 1. The third-order valence-corrected chi connectivity index (χ3v) is 4.55. The lowest BCUT2D eigenvalue weighted by Gasteiger charge is -2.25. The molecule has 2 aromatic rings. The Morgan fingerprint density at radius 3 is 2.75 bits per heavy atom. The third kappa shape index (κ3) is 2.09. The van der Waals surface area contributed by atoms with Crippen molar-refractivity contribution < 1.29 is 9.90 Å². The van der Waals surface area contributed by atoms with Crippen molar-refractivity contribution in [1.82, 2.24) is 9.55 Å². The van der Waals surface area contributed by atoms with Gasteiger partial charge in [-0.15, -0.1) is 0 Å². The lowest BCUT2D eigenvalue weighted by Crippen LogP contribution is -2.20. The maximum Gasteiger partial charge on any atom is 0.337 e. The van der Waals surface area contributed by atoms with Gasteiger partial charge >= 0.3 is 5.97 Å². The van der Waals surface area contributed by atoms with Gasteiger partial charge in [0, 0.05) is 6.54 Å². The highest BCUT2D eigenvalue weighted by molar-refractivity contribution is 6.01. The Hall–Kier alpha value is -1.84. The molecule has 3 rings (SSSR count). The molecule has 1 aromatic carbocycles. The van der Waals surface area contributed by atoms with Crippen LogP contribution in [0.25, 0.3) is 11.0 Å². The van der Waals surface area contributed by atoms with Crippen molar-refractivity contribution in [3.05, 3.63) is 29.6 Å². The van der Waals surface area contributed by atoms with Crippen LogP contribution in [-0.2, 0) is 6.54 Å².